The quantitative estimate of drug-likeness (QED) is 0.0600. The first-order valence-electron chi connectivity index (χ1n) is 17.3. The molecule has 10 nitrogen and oxygen atoms in total. The van der Waals surface area contributed by atoms with Gasteiger partial charge in [-0.2, -0.15) is 0 Å². The predicted octanol–water partition coefficient (Wildman–Crippen LogP) is 6.50. The second-order valence-electron chi connectivity index (χ2n) is 13.9. The van der Waals surface area contributed by atoms with Crippen molar-refractivity contribution in [1.82, 2.24) is 10.6 Å². The predicted molar refractivity (Wildman–Crippen MR) is 214 cm³/mol. The maximum Gasteiger partial charge on any atom is 0.261 e. The highest BCUT2D eigenvalue weighted by molar-refractivity contribution is 7.99. The van der Waals surface area contributed by atoms with Crippen LogP contribution in [0.2, 0.25) is 5.02 Å². The molecule has 3 atom stereocenters. The molecule has 3 unspecified atom stereocenters. The molecule has 0 saturated carbocycles. The monoisotopic (exact) mass is 771 g/mol. The molecule has 1 heterocycles. The lowest BCUT2D eigenvalue weighted by atomic mass is 9.77. The van der Waals surface area contributed by atoms with Crippen molar-refractivity contribution in [3.8, 4) is 11.1 Å². The van der Waals surface area contributed by atoms with Gasteiger partial charge in [0.2, 0.25) is 10.0 Å². The second-order valence-corrected chi connectivity index (χ2v) is 17.0. The number of sulfonamides is 1. The van der Waals surface area contributed by atoms with E-state index in [1.165, 1.54) is 12.2 Å². The molecule has 276 valence electrons. The first-order chi connectivity index (χ1) is 25.3. The highest BCUT2D eigenvalue weighted by Crippen LogP contribution is 2.37. The molecule has 0 aromatic heterocycles. The largest absolute Gasteiger partial charge is 0.365 e. The Kier molecular flexibility index (Phi) is 11.6. The van der Waals surface area contributed by atoms with E-state index >= 15 is 4.79 Å². The van der Waals surface area contributed by atoms with Crippen molar-refractivity contribution in [2.75, 3.05) is 30.3 Å². The minimum absolute atomic E-state index is 0.0733. The Morgan fingerprint density at radius 3 is 2.43 bits per heavy atom. The molecule has 13 heteroatoms. The first kappa shape index (κ1) is 38.4. The van der Waals surface area contributed by atoms with Gasteiger partial charge in [0.15, 0.2) is 11.3 Å². The summed E-state index contributed by atoms with van der Waals surface area (Å²) in [7, 11) is -4.31. The number of anilines is 1. The summed E-state index contributed by atoms with van der Waals surface area (Å²) in [6, 6.07) is 31.0. The molecule has 4 N–H and O–H groups in total. The Balaban J connectivity index is 1.39. The minimum Gasteiger partial charge on any atom is -0.365 e. The molecule has 1 fully saturated rings. The molecule has 1 aliphatic heterocycles. The average Bonchev–Trinajstić information content (AvgIpc) is 3.14. The van der Waals surface area contributed by atoms with Gasteiger partial charge in [-0.25, -0.2) is 13.6 Å². The van der Waals surface area contributed by atoms with Gasteiger partial charge in [0, 0.05) is 69.1 Å². The zero-order valence-corrected chi connectivity index (χ0v) is 31.8. The van der Waals surface area contributed by atoms with E-state index in [2.05, 4.69) is 27.7 Å². The molecule has 4 aromatic rings. The molecule has 4 aromatic carbocycles. The van der Waals surface area contributed by atoms with Crippen LogP contribution in [0.4, 0.5) is 5.69 Å². The zero-order valence-electron chi connectivity index (χ0n) is 29.4. The van der Waals surface area contributed by atoms with E-state index in [-0.39, 0.29) is 11.6 Å². The van der Waals surface area contributed by atoms with Crippen molar-refractivity contribution < 1.29 is 18.1 Å². The fourth-order valence-electron chi connectivity index (χ4n) is 7.09. The van der Waals surface area contributed by atoms with Crippen LogP contribution in [0.3, 0.4) is 0 Å². The van der Waals surface area contributed by atoms with E-state index < -0.39 is 42.8 Å². The van der Waals surface area contributed by atoms with Crippen molar-refractivity contribution in [3.63, 3.8) is 0 Å². The van der Waals surface area contributed by atoms with Crippen molar-refractivity contribution >= 4 is 44.9 Å². The first-order valence-corrected chi connectivity index (χ1v) is 20.2. The number of hydrogen-bond donors (Lipinski definition) is 3. The summed E-state index contributed by atoms with van der Waals surface area (Å²) in [4.78, 5) is 30.3. The number of nitrogens with one attached hydrogen (secondary N) is 2. The van der Waals surface area contributed by atoms with Crippen molar-refractivity contribution in [3.05, 3.63) is 153 Å². The molecule has 0 bridgehead atoms. The number of hydrogen-bond acceptors (Lipinski definition) is 9. The highest BCUT2D eigenvalue weighted by atomic mass is 35.5. The van der Waals surface area contributed by atoms with Crippen LogP contribution in [-0.2, 0) is 16.4 Å². The number of nitrogens with two attached hydrogens (primary N) is 1. The summed E-state index contributed by atoms with van der Waals surface area (Å²) in [5.74, 6) is -0.0997. The third-order valence-electron chi connectivity index (χ3n) is 9.56. The van der Waals surface area contributed by atoms with Gasteiger partial charge >= 0.3 is 0 Å². The number of para-hydroxylation sites is 1. The van der Waals surface area contributed by atoms with Gasteiger partial charge in [0.05, 0.1) is 4.91 Å². The van der Waals surface area contributed by atoms with Gasteiger partial charge in [-0.05, 0) is 85.5 Å². The fraction of sp³-hybridized carbons (Fsp3) is 0.275. The third kappa shape index (κ3) is 8.75. The fourth-order valence-corrected chi connectivity index (χ4v) is 8.74. The summed E-state index contributed by atoms with van der Waals surface area (Å²) in [6.07, 6.45) is 4.14. The Morgan fingerprint density at radius 2 is 1.72 bits per heavy atom. The SMILES string of the molecule is CC(C)(CSc1ccccc1)NC1(C(=O)c2ccccc2N2CCNCC2Cc2ccccc2-c2ccc(Cl)cc2)C=CC(S(N)(=O)=O)=CC1[N+](=O)[O-]. The number of nitrogens with zero attached hydrogens (tertiary/aromatic N) is 2. The topological polar surface area (TPSA) is 148 Å². The number of allylic oxidation sites excluding steroid dienone is 1. The highest BCUT2D eigenvalue weighted by Gasteiger charge is 2.55. The zero-order chi connectivity index (χ0) is 37.8. The van der Waals surface area contributed by atoms with E-state index in [0.717, 1.165) is 27.7 Å². The standard InChI is InChI=1S/C40H42ClN5O5S2/c1-39(2,27-52-32-11-4-3-5-12-32)44-40(21-20-33(53(42,50)51)25-37(40)46(48)49)38(47)35-14-8-9-15-36(35)45-23-22-43-26-31(45)24-29-10-6-7-13-34(29)28-16-18-30(41)19-17-28/h3-21,25,31,37,43-44H,22-24,26-27H2,1-2H3,(H2,42,50,51). The third-order valence-corrected chi connectivity index (χ3v) is 12.2. The molecule has 6 rings (SSSR count). The Bertz CT molecular complexity index is 2140. The minimum atomic E-state index is -4.31. The summed E-state index contributed by atoms with van der Waals surface area (Å²) in [6.45, 7) is 5.64. The lowest BCUT2D eigenvalue weighted by molar-refractivity contribution is -0.516. The average molecular weight is 772 g/mol. The number of nitro groups is 1. The van der Waals surface area contributed by atoms with Gasteiger partial charge in [-0.15, -0.1) is 11.8 Å². The molecule has 0 spiro atoms. The number of piperazine rings is 1. The number of halogens is 1. The normalized spacial score (nSPS) is 20.5. The maximum absolute atomic E-state index is 15.3. The van der Waals surface area contributed by atoms with Crippen LogP contribution in [0.15, 0.2) is 131 Å². The number of carbonyl (C=O) groups is 1. The van der Waals surface area contributed by atoms with E-state index in [1.807, 2.05) is 92.7 Å². The summed E-state index contributed by atoms with van der Waals surface area (Å²) in [5.41, 5.74) is 1.36. The number of benzene rings is 4. The number of thioether (sulfide) groups is 1. The second kappa shape index (κ2) is 16.0. The van der Waals surface area contributed by atoms with Crippen LogP contribution in [0, 0.1) is 10.1 Å². The van der Waals surface area contributed by atoms with Gasteiger partial charge in [0.1, 0.15) is 0 Å². The Morgan fingerprint density at radius 1 is 1.04 bits per heavy atom. The van der Waals surface area contributed by atoms with Crippen LogP contribution >= 0.6 is 23.4 Å². The van der Waals surface area contributed by atoms with Crippen molar-refractivity contribution in [1.29, 1.82) is 0 Å². The van der Waals surface area contributed by atoms with Crippen LogP contribution in [0.25, 0.3) is 11.1 Å². The molecular formula is C40H42ClN5O5S2. The maximum atomic E-state index is 15.3. The molecular weight excluding hydrogens is 730 g/mol. The van der Waals surface area contributed by atoms with Crippen LogP contribution in [0.5, 0.6) is 0 Å². The van der Waals surface area contributed by atoms with Gasteiger partial charge in [0.25, 0.3) is 6.04 Å². The number of primary sulfonamides is 1. The van der Waals surface area contributed by atoms with Gasteiger partial charge in [-0.1, -0.05) is 78.3 Å². The van der Waals surface area contributed by atoms with E-state index in [4.69, 9.17) is 16.7 Å². The van der Waals surface area contributed by atoms with Crippen LogP contribution in [0.1, 0.15) is 29.8 Å². The molecule has 2 aliphatic rings. The number of carbonyl (C=O) groups excluding carboxylic acids is 1. The van der Waals surface area contributed by atoms with E-state index in [1.54, 1.807) is 23.9 Å². The van der Waals surface area contributed by atoms with Crippen molar-refractivity contribution in [2.24, 2.45) is 5.14 Å². The van der Waals surface area contributed by atoms with Gasteiger partial charge < -0.3 is 10.2 Å². The molecule has 1 aliphatic carbocycles. The number of ketones is 1. The van der Waals surface area contributed by atoms with Crippen molar-refractivity contribution in [2.45, 2.75) is 48.3 Å². The van der Waals surface area contributed by atoms with E-state index in [9.17, 15) is 18.5 Å². The Labute approximate surface area is 319 Å². The van der Waals surface area contributed by atoms with Gasteiger partial charge in [-0.3, -0.25) is 20.2 Å². The number of Topliss-reactive ketones (excluding diaryl/α,β-unsaturated/α-hetero) is 1. The van der Waals surface area contributed by atoms with E-state index in [0.29, 0.717) is 42.5 Å². The Hall–Kier alpha value is -4.30. The smallest absolute Gasteiger partial charge is 0.261 e. The summed E-state index contributed by atoms with van der Waals surface area (Å²) in [5, 5.41) is 25.9. The molecule has 0 amide bonds. The molecule has 1 saturated heterocycles. The molecule has 53 heavy (non-hydrogen) atoms. The number of rotatable bonds is 13. The van der Waals surface area contributed by atoms with Crippen LogP contribution in [-0.4, -0.2) is 67.7 Å². The molecule has 0 radical (unpaired) electrons. The summed E-state index contributed by atoms with van der Waals surface area (Å²) >= 11 is 7.74. The lowest BCUT2D eigenvalue weighted by Gasteiger charge is -2.42. The lowest BCUT2D eigenvalue weighted by Crippen LogP contribution is -2.67. The van der Waals surface area contributed by atoms with Crippen LogP contribution < -0.4 is 20.7 Å². The summed E-state index contributed by atoms with van der Waals surface area (Å²) < 4.78 is 24.9.